The maximum Gasteiger partial charge on any atom is 0.236 e. The van der Waals surface area contributed by atoms with Crippen molar-refractivity contribution in [2.75, 3.05) is 13.2 Å². The van der Waals surface area contributed by atoms with Gasteiger partial charge >= 0.3 is 0 Å². The van der Waals surface area contributed by atoms with E-state index in [1.165, 1.54) is 18.4 Å². The van der Waals surface area contributed by atoms with Crippen LogP contribution in [0.25, 0.3) is 0 Å². The molecule has 1 aromatic rings. The second-order valence-corrected chi connectivity index (χ2v) is 6.62. The maximum atomic E-state index is 12.8. The molecule has 1 amide bonds. The highest BCUT2D eigenvalue weighted by Crippen LogP contribution is 2.29. The van der Waals surface area contributed by atoms with Gasteiger partial charge in [-0.15, -0.1) is 0 Å². The van der Waals surface area contributed by atoms with Crippen LogP contribution in [0.15, 0.2) is 30.3 Å². The van der Waals surface area contributed by atoms with Gasteiger partial charge in [0.05, 0.1) is 24.0 Å². The van der Waals surface area contributed by atoms with Gasteiger partial charge in [0.15, 0.2) is 0 Å². The number of carbonyl (C=O) groups excluding carboxylic acids is 1. The summed E-state index contributed by atoms with van der Waals surface area (Å²) < 4.78 is 5.84. The summed E-state index contributed by atoms with van der Waals surface area (Å²) in [6.07, 6.45) is 5.51. The van der Waals surface area contributed by atoms with Crippen molar-refractivity contribution in [1.29, 1.82) is 0 Å². The fraction of sp³-hybridized carbons (Fsp3) is 0.588. The Morgan fingerprint density at radius 1 is 1.29 bits per heavy atom. The molecule has 1 saturated heterocycles. The molecule has 3 atom stereocenters. The van der Waals surface area contributed by atoms with Crippen molar-refractivity contribution in [2.24, 2.45) is 0 Å². The lowest BCUT2D eigenvalue weighted by molar-refractivity contribution is -0.148. The van der Waals surface area contributed by atoms with Crippen LogP contribution in [0.1, 0.15) is 31.2 Å². The molecule has 1 aliphatic carbocycles. The van der Waals surface area contributed by atoms with Crippen LogP contribution in [0.3, 0.4) is 0 Å². The van der Waals surface area contributed by atoms with Crippen LogP contribution >= 0.6 is 12.6 Å². The van der Waals surface area contributed by atoms with E-state index in [0.29, 0.717) is 19.6 Å². The smallest absolute Gasteiger partial charge is 0.236 e. The molecule has 4 heteroatoms. The number of thiol groups is 1. The van der Waals surface area contributed by atoms with Crippen LogP contribution in [-0.2, 0) is 16.0 Å². The molecule has 1 saturated carbocycles. The molecule has 1 heterocycles. The second-order valence-electron chi connectivity index (χ2n) is 6.00. The lowest BCUT2D eigenvalue weighted by Gasteiger charge is -2.44. The van der Waals surface area contributed by atoms with Gasteiger partial charge in [-0.1, -0.05) is 43.2 Å². The summed E-state index contributed by atoms with van der Waals surface area (Å²) >= 11 is 4.57. The molecular weight excluding hydrogens is 282 g/mol. The van der Waals surface area contributed by atoms with Gasteiger partial charge in [0, 0.05) is 6.54 Å². The fourth-order valence-corrected chi connectivity index (χ4v) is 3.85. The Bertz CT molecular complexity index is 477. The summed E-state index contributed by atoms with van der Waals surface area (Å²) in [5.74, 6) is 0.169. The average molecular weight is 305 g/mol. The molecule has 0 spiro atoms. The van der Waals surface area contributed by atoms with Gasteiger partial charge in [0.2, 0.25) is 5.91 Å². The third-order valence-electron chi connectivity index (χ3n) is 4.57. The van der Waals surface area contributed by atoms with Gasteiger partial charge in [-0.05, 0) is 24.8 Å². The van der Waals surface area contributed by atoms with Crippen molar-refractivity contribution in [3.8, 4) is 0 Å². The van der Waals surface area contributed by atoms with Gasteiger partial charge in [-0.25, -0.2) is 0 Å². The number of carbonyl (C=O) groups is 1. The zero-order valence-corrected chi connectivity index (χ0v) is 13.2. The lowest BCUT2D eigenvalue weighted by Crippen LogP contribution is -2.56. The molecule has 0 radical (unpaired) electrons. The third kappa shape index (κ3) is 3.43. The SMILES string of the molecule is O=C(C(S)Cc1ccccc1)N1CCOC2CCCCC21. The Hall–Kier alpha value is -1.00. The van der Waals surface area contributed by atoms with E-state index in [2.05, 4.69) is 24.8 Å². The zero-order valence-electron chi connectivity index (χ0n) is 12.3. The molecule has 1 aromatic carbocycles. The van der Waals surface area contributed by atoms with Crippen LogP contribution < -0.4 is 0 Å². The first-order chi connectivity index (χ1) is 10.3. The molecule has 1 aliphatic heterocycles. The van der Waals surface area contributed by atoms with E-state index in [9.17, 15) is 4.79 Å². The minimum Gasteiger partial charge on any atom is -0.374 e. The van der Waals surface area contributed by atoms with E-state index in [4.69, 9.17) is 4.74 Å². The minimum atomic E-state index is -0.256. The molecule has 3 rings (SSSR count). The van der Waals surface area contributed by atoms with Crippen LogP contribution in [0.2, 0.25) is 0 Å². The van der Waals surface area contributed by atoms with Gasteiger partial charge in [0.25, 0.3) is 0 Å². The van der Waals surface area contributed by atoms with Gasteiger partial charge in [-0.3, -0.25) is 4.79 Å². The van der Waals surface area contributed by atoms with Crippen molar-refractivity contribution in [1.82, 2.24) is 4.90 Å². The molecular formula is C17H23NO2S. The van der Waals surface area contributed by atoms with Gasteiger partial charge < -0.3 is 9.64 Å². The Labute approximate surface area is 132 Å². The highest BCUT2D eigenvalue weighted by molar-refractivity contribution is 7.81. The Balaban J connectivity index is 1.65. The Morgan fingerprint density at radius 3 is 2.86 bits per heavy atom. The zero-order chi connectivity index (χ0) is 14.7. The van der Waals surface area contributed by atoms with E-state index in [0.717, 1.165) is 12.8 Å². The van der Waals surface area contributed by atoms with Crippen molar-refractivity contribution >= 4 is 18.5 Å². The monoisotopic (exact) mass is 305 g/mol. The summed E-state index contributed by atoms with van der Waals surface area (Å²) in [6, 6.07) is 10.4. The summed E-state index contributed by atoms with van der Waals surface area (Å²) in [5.41, 5.74) is 1.17. The molecule has 2 fully saturated rings. The van der Waals surface area contributed by atoms with Gasteiger partial charge in [0.1, 0.15) is 0 Å². The van der Waals surface area contributed by atoms with Crippen molar-refractivity contribution in [3.05, 3.63) is 35.9 Å². The quantitative estimate of drug-likeness (QED) is 0.870. The maximum absolute atomic E-state index is 12.8. The molecule has 21 heavy (non-hydrogen) atoms. The third-order valence-corrected chi connectivity index (χ3v) is 4.98. The standard InChI is InChI=1S/C17H23NO2S/c19-17(16(21)12-13-6-2-1-3-7-13)18-10-11-20-15-9-5-4-8-14(15)18/h1-3,6-7,14-16,21H,4-5,8-12H2. The van der Waals surface area contributed by atoms with Crippen LogP contribution in [0, 0.1) is 0 Å². The largest absolute Gasteiger partial charge is 0.374 e. The highest BCUT2D eigenvalue weighted by Gasteiger charge is 2.38. The van der Waals surface area contributed by atoms with Crippen LogP contribution in [0.5, 0.6) is 0 Å². The fourth-order valence-electron chi connectivity index (χ4n) is 3.49. The predicted molar refractivity (Wildman–Crippen MR) is 86.6 cm³/mol. The number of amides is 1. The summed E-state index contributed by atoms with van der Waals surface area (Å²) in [4.78, 5) is 14.8. The van der Waals surface area contributed by atoms with E-state index < -0.39 is 0 Å². The normalized spacial score (nSPS) is 27.0. The molecule has 0 aromatic heterocycles. The number of rotatable bonds is 3. The predicted octanol–water partition coefficient (Wildman–Crippen LogP) is 2.70. The van der Waals surface area contributed by atoms with Crippen molar-refractivity contribution < 1.29 is 9.53 Å². The number of nitrogens with zero attached hydrogens (tertiary/aromatic N) is 1. The topological polar surface area (TPSA) is 29.5 Å². The van der Waals surface area contributed by atoms with Crippen molar-refractivity contribution in [3.63, 3.8) is 0 Å². The number of benzene rings is 1. The average Bonchev–Trinajstić information content (AvgIpc) is 2.54. The molecule has 3 nitrogen and oxygen atoms in total. The summed E-state index contributed by atoms with van der Waals surface area (Å²) in [6.45, 7) is 1.38. The summed E-state index contributed by atoms with van der Waals surface area (Å²) in [7, 11) is 0. The van der Waals surface area contributed by atoms with Gasteiger partial charge in [-0.2, -0.15) is 12.6 Å². The number of hydrogen-bond donors (Lipinski definition) is 1. The van der Waals surface area contributed by atoms with E-state index in [1.54, 1.807) is 0 Å². The van der Waals surface area contributed by atoms with E-state index in [1.807, 2.05) is 23.1 Å². The minimum absolute atomic E-state index is 0.169. The second kappa shape index (κ2) is 6.84. The molecule has 0 N–H and O–H groups in total. The molecule has 2 aliphatic rings. The van der Waals surface area contributed by atoms with E-state index in [-0.39, 0.29) is 23.3 Å². The number of fused-ring (bicyclic) bond motifs is 1. The molecule has 0 bridgehead atoms. The van der Waals surface area contributed by atoms with Crippen molar-refractivity contribution in [2.45, 2.75) is 49.5 Å². The Kier molecular flexibility index (Phi) is 4.86. The number of morpholine rings is 1. The molecule has 114 valence electrons. The lowest BCUT2D eigenvalue weighted by atomic mass is 9.90. The first kappa shape index (κ1) is 14.9. The van der Waals surface area contributed by atoms with Crippen LogP contribution in [-0.4, -0.2) is 41.4 Å². The van der Waals surface area contributed by atoms with Crippen LogP contribution in [0.4, 0.5) is 0 Å². The number of hydrogen-bond acceptors (Lipinski definition) is 3. The highest BCUT2D eigenvalue weighted by atomic mass is 32.1. The summed E-state index contributed by atoms with van der Waals surface area (Å²) in [5, 5.41) is -0.256. The number of ether oxygens (including phenoxy) is 1. The Morgan fingerprint density at radius 2 is 2.05 bits per heavy atom. The first-order valence-corrected chi connectivity index (χ1v) is 8.41. The molecule has 3 unspecified atom stereocenters. The first-order valence-electron chi connectivity index (χ1n) is 7.90. The van der Waals surface area contributed by atoms with E-state index >= 15 is 0 Å².